The molecule has 2 aromatic carbocycles. The second kappa shape index (κ2) is 4.45. The van der Waals surface area contributed by atoms with E-state index in [0.717, 1.165) is 11.3 Å². The Kier molecular flexibility index (Phi) is 2.75. The Morgan fingerprint density at radius 2 is 1.95 bits per heavy atom. The fourth-order valence-electron chi connectivity index (χ4n) is 2.18. The van der Waals surface area contributed by atoms with Gasteiger partial charge in [0.1, 0.15) is 11.0 Å². The van der Waals surface area contributed by atoms with Crippen molar-refractivity contribution in [1.29, 1.82) is 0 Å². The number of aromatic nitrogens is 3. The minimum atomic E-state index is -0.983. The van der Waals surface area contributed by atoms with E-state index in [1.807, 2.05) is 32.0 Å². The Balaban J connectivity index is 2.31. The molecule has 0 amide bonds. The summed E-state index contributed by atoms with van der Waals surface area (Å²) >= 11 is 0. The van der Waals surface area contributed by atoms with Crippen LogP contribution in [0.4, 0.5) is 0 Å². The van der Waals surface area contributed by atoms with Crippen molar-refractivity contribution in [3.05, 3.63) is 53.1 Å². The molecule has 5 nitrogen and oxygen atoms in total. The summed E-state index contributed by atoms with van der Waals surface area (Å²) in [6.45, 7) is 4.04. The highest BCUT2D eigenvalue weighted by molar-refractivity contribution is 6.01. The number of carboxylic acid groups (broad SMARTS) is 1. The minimum absolute atomic E-state index is 0.200. The summed E-state index contributed by atoms with van der Waals surface area (Å²) in [5.41, 5.74) is 4.40. The van der Waals surface area contributed by atoms with E-state index in [9.17, 15) is 9.90 Å². The van der Waals surface area contributed by atoms with Gasteiger partial charge in [-0.15, -0.1) is 5.10 Å². The third-order valence-corrected chi connectivity index (χ3v) is 3.43. The molecule has 3 aromatic rings. The molecule has 0 aliphatic carbocycles. The zero-order valence-corrected chi connectivity index (χ0v) is 11.2. The first kappa shape index (κ1) is 12.3. The SMILES string of the molecule is Cc1ccc(-n2nnc3cccc(C(=O)O)c32)cc1C. The standard InChI is InChI=1S/C15H13N3O2/c1-9-6-7-11(8-10(9)2)18-14-12(15(19)20)4-3-5-13(14)16-17-18/h3-8H,1-2H3,(H,19,20). The minimum Gasteiger partial charge on any atom is -0.478 e. The molecule has 0 saturated carbocycles. The summed E-state index contributed by atoms with van der Waals surface area (Å²) in [6.07, 6.45) is 0. The van der Waals surface area contributed by atoms with Gasteiger partial charge in [-0.3, -0.25) is 0 Å². The number of rotatable bonds is 2. The van der Waals surface area contributed by atoms with Crippen molar-refractivity contribution in [2.24, 2.45) is 0 Å². The number of hydrogen-bond donors (Lipinski definition) is 1. The largest absolute Gasteiger partial charge is 0.478 e. The third kappa shape index (κ3) is 1.84. The third-order valence-electron chi connectivity index (χ3n) is 3.43. The molecular weight excluding hydrogens is 254 g/mol. The number of hydrogen-bond acceptors (Lipinski definition) is 3. The number of aryl methyl sites for hydroxylation is 2. The maximum absolute atomic E-state index is 11.3. The van der Waals surface area contributed by atoms with Crippen LogP contribution in [0.3, 0.4) is 0 Å². The first-order chi connectivity index (χ1) is 9.58. The molecule has 0 atom stereocenters. The van der Waals surface area contributed by atoms with Gasteiger partial charge in [0.05, 0.1) is 11.3 Å². The highest BCUT2D eigenvalue weighted by Crippen LogP contribution is 2.21. The Labute approximate surface area is 115 Å². The molecule has 0 radical (unpaired) electrons. The maximum Gasteiger partial charge on any atom is 0.337 e. The fraction of sp³-hybridized carbons (Fsp3) is 0.133. The van der Waals surface area contributed by atoms with E-state index >= 15 is 0 Å². The summed E-state index contributed by atoms with van der Waals surface area (Å²) in [5, 5.41) is 17.4. The second-order valence-corrected chi connectivity index (χ2v) is 4.75. The van der Waals surface area contributed by atoms with Crippen molar-refractivity contribution in [1.82, 2.24) is 15.0 Å². The van der Waals surface area contributed by atoms with E-state index < -0.39 is 5.97 Å². The normalized spacial score (nSPS) is 10.9. The fourth-order valence-corrected chi connectivity index (χ4v) is 2.18. The van der Waals surface area contributed by atoms with E-state index in [0.29, 0.717) is 11.0 Å². The summed E-state index contributed by atoms with van der Waals surface area (Å²) in [4.78, 5) is 11.3. The molecule has 3 rings (SSSR count). The molecule has 0 aliphatic rings. The molecule has 1 aromatic heterocycles. The van der Waals surface area contributed by atoms with E-state index in [1.165, 1.54) is 5.56 Å². The molecule has 0 fully saturated rings. The lowest BCUT2D eigenvalue weighted by Crippen LogP contribution is -2.03. The Bertz CT molecular complexity index is 821. The van der Waals surface area contributed by atoms with Crippen molar-refractivity contribution in [3.63, 3.8) is 0 Å². The van der Waals surface area contributed by atoms with Gasteiger partial charge >= 0.3 is 5.97 Å². The smallest absolute Gasteiger partial charge is 0.337 e. The van der Waals surface area contributed by atoms with Gasteiger partial charge in [0.15, 0.2) is 0 Å². The first-order valence-corrected chi connectivity index (χ1v) is 6.23. The van der Waals surface area contributed by atoms with Gasteiger partial charge in [-0.25, -0.2) is 9.48 Å². The Morgan fingerprint density at radius 1 is 1.15 bits per heavy atom. The number of carboxylic acids is 1. The van der Waals surface area contributed by atoms with Crippen molar-refractivity contribution >= 4 is 17.0 Å². The van der Waals surface area contributed by atoms with Gasteiger partial charge in [-0.05, 0) is 49.2 Å². The number of fused-ring (bicyclic) bond motifs is 1. The topological polar surface area (TPSA) is 68.0 Å². The lowest BCUT2D eigenvalue weighted by molar-refractivity contribution is 0.0698. The van der Waals surface area contributed by atoms with Crippen molar-refractivity contribution in [2.75, 3.05) is 0 Å². The number of aromatic carboxylic acids is 1. The molecular formula is C15H13N3O2. The van der Waals surface area contributed by atoms with Crippen LogP contribution in [0.15, 0.2) is 36.4 Å². The van der Waals surface area contributed by atoms with Gasteiger partial charge in [-0.1, -0.05) is 17.3 Å². The first-order valence-electron chi connectivity index (χ1n) is 6.23. The van der Waals surface area contributed by atoms with Crippen molar-refractivity contribution in [2.45, 2.75) is 13.8 Å². The van der Waals surface area contributed by atoms with E-state index in [2.05, 4.69) is 10.3 Å². The van der Waals surface area contributed by atoms with Crippen LogP contribution in [0.1, 0.15) is 21.5 Å². The number of carbonyl (C=O) groups is 1. The molecule has 5 heteroatoms. The number of para-hydroxylation sites is 1. The van der Waals surface area contributed by atoms with Crippen LogP contribution in [0.25, 0.3) is 16.7 Å². The van der Waals surface area contributed by atoms with Gasteiger partial charge < -0.3 is 5.11 Å². The Morgan fingerprint density at radius 3 is 2.65 bits per heavy atom. The molecule has 1 N–H and O–H groups in total. The quantitative estimate of drug-likeness (QED) is 0.775. The van der Waals surface area contributed by atoms with Crippen LogP contribution in [0.2, 0.25) is 0 Å². The highest BCUT2D eigenvalue weighted by atomic mass is 16.4. The zero-order chi connectivity index (χ0) is 14.3. The predicted molar refractivity (Wildman–Crippen MR) is 75.3 cm³/mol. The summed E-state index contributed by atoms with van der Waals surface area (Å²) < 4.78 is 1.57. The molecule has 0 bridgehead atoms. The van der Waals surface area contributed by atoms with Crippen molar-refractivity contribution < 1.29 is 9.90 Å². The lowest BCUT2D eigenvalue weighted by Gasteiger charge is -2.07. The van der Waals surface area contributed by atoms with Gasteiger partial charge in [0.2, 0.25) is 0 Å². The molecule has 1 heterocycles. The monoisotopic (exact) mass is 267 g/mol. The summed E-state index contributed by atoms with van der Waals surface area (Å²) in [5.74, 6) is -0.983. The predicted octanol–water partition coefficient (Wildman–Crippen LogP) is 2.74. The molecule has 0 aliphatic heterocycles. The average Bonchev–Trinajstić information content (AvgIpc) is 2.85. The van der Waals surface area contributed by atoms with E-state index in [1.54, 1.807) is 22.9 Å². The van der Waals surface area contributed by atoms with Crippen LogP contribution >= 0.6 is 0 Å². The molecule has 0 spiro atoms. The van der Waals surface area contributed by atoms with Crippen LogP contribution in [-0.2, 0) is 0 Å². The maximum atomic E-state index is 11.3. The van der Waals surface area contributed by atoms with Crippen LogP contribution in [-0.4, -0.2) is 26.1 Å². The van der Waals surface area contributed by atoms with Gasteiger partial charge in [0, 0.05) is 0 Å². The van der Waals surface area contributed by atoms with E-state index in [4.69, 9.17) is 0 Å². The average molecular weight is 267 g/mol. The van der Waals surface area contributed by atoms with E-state index in [-0.39, 0.29) is 5.56 Å². The second-order valence-electron chi connectivity index (χ2n) is 4.75. The van der Waals surface area contributed by atoms with Gasteiger partial charge in [0.25, 0.3) is 0 Å². The molecule has 0 saturated heterocycles. The summed E-state index contributed by atoms with van der Waals surface area (Å²) in [6, 6.07) is 10.9. The van der Waals surface area contributed by atoms with Gasteiger partial charge in [-0.2, -0.15) is 0 Å². The molecule has 0 unspecified atom stereocenters. The molecule has 100 valence electrons. The zero-order valence-electron chi connectivity index (χ0n) is 11.2. The van der Waals surface area contributed by atoms with Crippen LogP contribution < -0.4 is 0 Å². The van der Waals surface area contributed by atoms with Crippen LogP contribution in [0.5, 0.6) is 0 Å². The Hall–Kier alpha value is -2.69. The number of benzene rings is 2. The summed E-state index contributed by atoms with van der Waals surface area (Å²) in [7, 11) is 0. The highest BCUT2D eigenvalue weighted by Gasteiger charge is 2.15. The molecule has 20 heavy (non-hydrogen) atoms. The number of nitrogens with zero attached hydrogens (tertiary/aromatic N) is 3. The van der Waals surface area contributed by atoms with Crippen molar-refractivity contribution in [3.8, 4) is 5.69 Å². The lowest BCUT2D eigenvalue weighted by atomic mass is 10.1. The van der Waals surface area contributed by atoms with Crippen LogP contribution in [0, 0.1) is 13.8 Å².